The van der Waals surface area contributed by atoms with Crippen LogP contribution in [0.5, 0.6) is 11.5 Å². The Morgan fingerprint density at radius 2 is 1.67 bits per heavy atom. The lowest BCUT2D eigenvalue weighted by molar-refractivity contribution is -0.124. The Kier molecular flexibility index (Phi) is 7.11. The number of sulfonamides is 1. The van der Waals surface area contributed by atoms with E-state index in [0.29, 0.717) is 24.5 Å². The fourth-order valence-electron chi connectivity index (χ4n) is 3.92. The lowest BCUT2D eigenvalue weighted by atomic mass is 10.1. The molecule has 1 saturated heterocycles. The number of para-hydroxylation sites is 1. The Bertz CT molecular complexity index is 1190. The van der Waals surface area contributed by atoms with Crippen molar-refractivity contribution in [3.05, 3.63) is 90.0 Å². The molecule has 1 amide bonds. The molecule has 1 heterocycles. The van der Waals surface area contributed by atoms with Crippen molar-refractivity contribution >= 4 is 15.9 Å². The third-order valence-electron chi connectivity index (χ3n) is 5.70. The standard InChI is InChI=1S/C26H28N2O4S/c1-20-13-15-24(16-14-20)33(30,31)28(25-12-5-6-17-27-26(25)29)19-21-8-7-11-23(18-21)32-22-9-3-2-4-10-22/h2-4,7-11,13-16,18,25H,5-6,12,17,19H2,1H3,(H,27,29). The van der Waals surface area contributed by atoms with Crippen molar-refractivity contribution in [2.45, 2.75) is 43.7 Å². The van der Waals surface area contributed by atoms with E-state index in [1.54, 1.807) is 24.3 Å². The van der Waals surface area contributed by atoms with E-state index in [2.05, 4.69) is 5.32 Å². The zero-order valence-corrected chi connectivity index (χ0v) is 19.4. The molecule has 1 unspecified atom stereocenters. The number of benzene rings is 3. The summed E-state index contributed by atoms with van der Waals surface area (Å²) in [6, 6.07) is 22.7. The first kappa shape index (κ1) is 23.0. The molecule has 1 fully saturated rings. The highest BCUT2D eigenvalue weighted by molar-refractivity contribution is 7.89. The van der Waals surface area contributed by atoms with Gasteiger partial charge < -0.3 is 10.1 Å². The number of carbonyl (C=O) groups is 1. The highest BCUT2D eigenvalue weighted by Crippen LogP contribution is 2.27. The molecular formula is C26H28N2O4S. The van der Waals surface area contributed by atoms with E-state index >= 15 is 0 Å². The first-order chi connectivity index (χ1) is 15.9. The maximum Gasteiger partial charge on any atom is 0.244 e. The fourth-order valence-corrected chi connectivity index (χ4v) is 5.52. The summed E-state index contributed by atoms with van der Waals surface area (Å²) in [6.07, 6.45) is 2.10. The molecule has 0 spiro atoms. The molecule has 0 saturated carbocycles. The summed E-state index contributed by atoms with van der Waals surface area (Å²) in [5.74, 6) is 1.05. The van der Waals surface area contributed by atoms with Crippen LogP contribution in [0.25, 0.3) is 0 Å². The first-order valence-corrected chi connectivity index (χ1v) is 12.6. The minimum absolute atomic E-state index is 0.0697. The van der Waals surface area contributed by atoms with Crippen LogP contribution >= 0.6 is 0 Å². The highest BCUT2D eigenvalue weighted by Gasteiger charge is 2.36. The predicted octanol–water partition coefficient (Wildman–Crippen LogP) is 4.65. The molecule has 6 nitrogen and oxygen atoms in total. The summed E-state index contributed by atoms with van der Waals surface area (Å²) < 4.78 is 34.6. The highest BCUT2D eigenvalue weighted by atomic mass is 32.2. The molecule has 0 aliphatic carbocycles. The average molecular weight is 465 g/mol. The molecule has 1 N–H and O–H groups in total. The van der Waals surface area contributed by atoms with E-state index in [1.165, 1.54) is 4.31 Å². The molecule has 1 aliphatic rings. The molecule has 7 heteroatoms. The first-order valence-electron chi connectivity index (χ1n) is 11.1. The average Bonchev–Trinajstić information content (AvgIpc) is 3.03. The quantitative estimate of drug-likeness (QED) is 0.552. The summed E-state index contributed by atoms with van der Waals surface area (Å²) in [5, 5.41) is 2.87. The van der Waals surface area contributed by atoms with Crippen molar-refractivity contribution in [2.24, 2.45) is 0 Å². The molecule has 4 rings (SSSR count). The van der Waals surface area contributed by atoms with E-state index in [1.807, 2.05) is 61.5 Å². The Morgan fingerprint density at radius 1 is 0.939 bits per heavy atom. The summed E-state index contributed by atoms with van der Waals surface area (Å²) >= 11 is 0. The van der Waals surface area contributed by atoms with Gasteiger partial charge in [-0.2, -0.15) is 4.31 Å². The molecular weight excluding hydrogens is 436 g/mol. The van der Waals surface area contributed by atoms with Crippen LogP contribution in [-0.2, 0) is 21.4 Å². The van der Waals surface area contributed by atoms with Crippen LogP contribution in [0.4, 0.5) is 0 Å². The van der Waals surface area contributed by atoms with Gasteiger partial charge in [0.1, 0.15) is 17.5 Å². The van der Waals surface area contributed by atoms with Crippen LogP contribution < -0.4 is 10.1 Å². The number of nitrogens with zero attached hydrogens (tertiary/aromatic N) is 1. The second kappa shape index (κ2) is 10.2. The van der Waals surface area contributed by atoms with Gasteiger partial charge in [0.05, 0.1) is 4.90 Å². The SMILES string of the molecule is Cc1ccc(S(=O)(=O)N(Cc2cccc(Oc3ccccc3)c2)C2CCCCNC2=O)cc1. The second-order valence-corrected chi connectivity index (χ2v) is 10.1. The number of hydrogen-bond donors (Lipinski definition) is 1. The van der Waals surface area contributed by atoms with Crippen molar-refractivity contribution in [1.29, 1.82) is 0 Å². The van der Waals surface area contributed by atoms with Crippen LogP contribution in [0.2, 0.25) is 0 Å². The lowest BCUT2D eigenvalue weighted by Gasteiger charge is -2.29. The van der Waals surface area contributed by atoms with Crippen molar-refractivity contribution in [1.82, 2.24) is 9.62 Å². The fraction of sp³-hybridized carbons (Fsp3) is 0.269. The van der Waals surface area contributed by atoms with Crippen LogP contribution in [0.3, 0.4) is 0 Å². The molecule has 172 valence electrons. The van der Waals surface area contributed by atoms with Crippen LogP contribution in [0, 0.1) is 6.92 Å². The summed E-state index contributed by atoms with van der Waals surface area (Å²) in [5.41, 5.74) is 1.72. The van der Waals surface area contributed by atoms with Crippen molar-refractivity contribution in [3.8, 4) is 11.5 Å². The van der Waals surface area contributed by atoms with Gasteiger partial charge in [-0.1, -0.05) is 48.0 Å². The lowest BCUT2D eigenvalue weighted by Crippen LogP contribution is -2.48. The smallest absolute Gasteiger partial charge is 0.244 e. The van der Waals surface area contributed by atoms with Gasteiger partial charge >= 0.3 is 0 Å². The molecule has 3 aromatic rings. The molecule has 1 aliphatic heterocycles. The van der Waals surface area contributed by atoms with E-state index in [9.17, 15) is 13.2 Å². The minimum atomic E-state index is -3.90. The molecule has 33 heavy (non-hydrogen) atoms. The van der Waals surface area contributed by atoms with Gasteiger partial charge in [-0.05, 0) is 68.1 Å². The van der Waals surface area contributed by atoms with Crippen LogP contribution in [0.1, 0.15) is 30.4 Å². The van der Waals surface area contributed by atoms with Gasteiger partial charge in [-0.3, -0.25) is 4.79 Å². The van der Waals surface area contributed by atoms with Crippen LogP contribution in [-0.4, -0.2) is 31.2 Å². The van der Waals surface area contributed by atoms with Gasteiger partial charge in [0, 0.05) is 13.1 Å². The number of aryl methyl sites for hydroxylation is 1. The third kappa shape index (κ3) is 5.61. The monoisotopic (exact) mass is 464 g/mol. The Morgan fingerprint density at radius 3 is 2.42 bits per heavy atom. The zero-order chi connectivity index (χ0) is 23.3. The molecule has 0 aromatic heterocycles. The molecule has 0 radical (unpaired) electrons. The van der Waals surface area contributed by atoms with Gasteiger partial charge in [0.15, 0.2) is 0 Å². The number of hydrogen-bond acceptors (Lipinski definition) is 4. The molecule has 0 bridgehead atoms. The Hall–Kier alpha value is -3.16. The van der Waals surface area contributed by atoms with Gasteiger partial charge in [0.2, 0.25) is 15.9 Å². The third-order valence-corrected chi connectivity index (χ3v) is 7.57. The number of rotatable bonds is 7. The van der Waals surface area contributed by atoms with E-state index < -0.39 is 16.1 Å². The maximum absolute atomic E-state index is 13.7. The van der Waals surface area contributed by atoms with E-state index in [0.717, 1.165) is 24.0 Å². The Balaban J connectivity index is 1.67. The number of ether oxygens (including phenoxy) is 1. The largest absolute Gasteiger partial charge is 0.457 e. The van der Waals surface area contributed by atoms with Gasteiger partial charge in [-0.25, -0.2) is 8.42 Å². The number of carbonyl (C=O) groups excluding carboxylic acids is 1. The molecule has 1 atom stereocenters. The second-order valence-electron chi connectivity index (χ2n) is 8.23. The van der Waals surface area contributed by atoms with Gasteiger partial charge in [0.25, 0.3) is 0 Å². The van der Waals surface area contributed by atoms with Crippen molar-refractivity contribution in [2.75, 3.05) is 6.54 Å². The molecule has 3 aromatic carbocycles. The predicted molar refractivity (Wildman–Crippen MR) is 128 cm³/mol. The Labute approximate surface area is 195 Å². The topological polar surface area (TPSA) is 75.7 Å². The van der Waals surface area contributed by atoms with Crippen molar-refractivity contribution in [3.63, 3.8) is 0 Å². The summed E-state index contributed by atoms with van der Waals surface area (Å²) in [4.78, 5) is 13.0. The summed E-state index contributed by atoms with van der Waals surface area (Å²) in [7, 11) is -3.90. The summed E-state index contributed by atoms with van der Waals surface area (Å²) in [6.45, 7) is 2.54. The van der Waals surface area contributed by atoms with Gasteiger partial charge in [-0.15, -0.1) is 0 Å². The minimum Gasteiger partial charge on any atom is -0.457 e. The van der Waals surface area contributed by atoms with E-state index in [-0.39, 0.29) is 17.3 Å². The van der Waals surface area contributed by atoms with Crippen molar-refractivity contribution < 1.29 is 17.9 Å². The van der Waals surface area contributed by atoms with E-state index in [4.69, 9.17) is 4.74 Å². The number of nitrogens with one attached hydrogen (secondary N) is 1. The number of amides is 1. The van der Waals surface area contributed by atoms with Crippen LogP contribution in [0.15, 0.2) is 83.8 Å². The maximum atomic E-state index is 13.7. The zero-order valence-electron chi connectivity index (χ0n) is 18.6. The normalized spacial score (nSPS) is 16.8.